The molecule has 0 aliphatic carbocycles. The quantitative estimate of drug-likeness (QED) is 0.414. The number of aromatic nitrogens is 1. The van der Waals surface area contributed by atoms with E-state index in [0.717, 1.165) is 68.6 Å². The number of hydrogen-bond donors (Lipinski definition) is 3. The summed E-state index contributed by atoms with van der Waals surface area (Å²) >= 11 is 0. The zero-order chi connectivity index (χ0) is 22.6. The number of fused-ring (bicyclic) bond motifs is 1. The lowest BCUT2D eigenvalue weighted by molar-refractivity contribution is -0.139. The van der Waals surface area contributed by atoms with Crippen molar-refractivity contribution in [1.82, 2.24) is 10.3 Å². The van der Waals surface area contributed by atoms with E-state index in [0.29, 0.717) is 6.42 Å². The smallest absolute Gasteiger partial charge is 0.408 e. The van der Waals surface area contributed by atoms with Gasteiger partial charge in [0.15, 0.2) is 0 Å². The number of rotatable bonds is 12. The topological polar surface area (TPSA) is 101 Å². The zero-order valence-electron chi connectivity index (χ0n) is 18.5. The molecule has 1 aliphatic heterocycles. The Kier molecular flexibility index (Phi) is 9.35. The Balaban J connectivity index is 1.27. The Morgan fingerprint density at radius 1 is 1.06 bits per heavy atom. The van der Waals surface area contributed by atoms with E-state index in [9.17, 15) is 14.7 Å². The molecule has 1 amide bonds. The van der Waals surface area contributed by atoms with Crippen LogP contribution in [0, 0.1) is 0 Å². The Morgan fingerprint density at radius 2 is 1.84 bits per heavy atom. The highest BCUT2D eigenvalue weighted by molar-refractivity contribution is 5.79. The van der Waals surface area contributed by atoms with Crippen molar-refractivity contribution in [2.45, 2.75) is 70.4 Å². The predicted octanol–water partition coefficient (Wildman–Crippen LogP) is 4.70. The minimum atomic E-state index is -1.03. The van der Waals surface area contributed by atoms with Crippen molar-refractivity contribution in [2.75, 3.05) is 11.9 Å². The first-order valence-corrected chi connectivity index (χ1v) is 11.5. The molecule has 1 atom stereocenters. The van der Waals surface area contributed by atoms with Crippen LogP contribution in [0.5, 0.6) is 0 Å². The van der Waals surface area contributed by atoms with Gasteiger partial charge in [0.05, 0.1) is 0 Å². The van der Waals surface area contributed by atoms with Crippen molar-refractivity contribution in [3.63, 3.8) is 0 Å². The summed E-state index contributed by atoms with van der Waals surface area (Å²) in [6.45, 7) is 1.12. The molecule has 0 radical (unpaired) electrons. The molecule has 2 heterocycles. The van der Waals surface area contributed by atoms with E-state index in [1.165, 1.54) is 12.0 Å². The van der Waals surface area contributed by atoms with Gasteiger partial charge in [0.1, 0.15) is 18.5 Å². The van der Waals surface area contributed by atoms with Gasteiger partial charge in [-0.3, -0.25) is 0 Å². The molecule has 1 aromatic carbocycles. The zero-order valence-corrected chi connectivity index (χ0v) is 18.5. The van der Waals surface area contributed by atoms with E-state index >= 15 is 0 Å². The van der Waals surface area contributed by atoms with Crippen LogP contribution < -0.4 is 10.6 Å². The molecule has 172 valence electrons. The highest BCUT2D eigenvalue weighted by Gasteiger charge is 2.20. The van der Waals surface area contributed by atoms with Crippen LogP contribution in [0.15, 0.2) is 42.5 Å². The lowest BCUT2D eigenvalue weighted by Crippen LogP contribution is -2.40. The van der Waals surface area contributed by atoms with Crippen molar-refractivity contribution in [1.29, 1.82) is 0 Å². The predicted molar refractivity (Wildman–Crippen MR) is 124 cm³/mol. The summed E-state index contributed by atoms with van der Waals surface area (Å²) in [6.07, 6.45) is 7.79. The summed E-state index contributed by atoms with van der Waals surface area (Å²) in [5.41, 5.74) is 3.30. The monoisotopic (exact) mass is 439 g/mol. The van der Waals surface area contributed by atoms with Gasteiger partial charge in [-0.1, -0.05) is 62.1 Å². The third-order valence-corrected chi connectivity index (χ3v) is 5.68. The van der Waals surface area contributed by atoms with Gasteiger partial charge in [-0.2, -0.15) is 0 Å². The van der Waals surface area contributed by atoms with Crippen LogP contribution in [-0.4, -0.2) is 34.7 Å². The third kappa shape index (κ3) is 7.87. The maximum absolute atomic E-state index is 11.9. The summed E-state index contributed by atoms with van der Waals surface area (Å²) in [4.78, 5) is 28.1. The number of unbranched alkanes of at least 4 members (excludes halogenated alkanes) is 4. The summed E-state index contributed by atoms with van der Waals surface area (Å²) < 4.78 is 5.12. The van der Waals surface area contributed by atoms with Crippen LogP contribution >= 0.6 is 0 Å². The fourth-order valence-electron chi connectivity index (χ4n) is 3.86. The van der Waals surface area contributed by atoms with Gasteiger partial charge in [0.2, 0.25) is 0 Å². The highest BCUT2D eigenvalue weighted by atomic mass is 16.5. The molecule has 0 unspecified atom stereocenters. The van der Waals surface area contributed by atoms with Crippen molar-refractivity contribution < 1.29 is 19.4 Å². The van der Waals surface area contributed by atoms with Gasteiger partial charge in [-0.25, -0.2) is 14.6 Å². The van der Waals surface area contributed by atoms with Gasteiger partial charge in [0.25, 0.3) is 0 Å². The Hall–Kier alpha value is -3.09. The number of carboxylic acids is 1. The summed E-state index contributed by atoms with van der Waals surface area (Å²) in [5.74, 6) is 0.0111. The van der Waals surface area contributed by atoms with Crippen LogP contribution in [0.4, 0.5) is 10.6 Å². The molecule has 1 aliphatic rings. The number of ether oxygens (including phenoxy) is 1. The number of amides is 1. The number of carbonyl (C=O) groups excluding carboxylic acids is 1. The number of carbonyl (C=O) groups is 2. The fraction of sp³-hybridized carbons (Fsp3) is 0.480. The first kappa shape index (κ1) is 23.6. The standard InChI is InChI=1S/C25H33N3O4/c29-24(30)22(28-25(31)32-18-19-10-5-4-6-11-19)14-8-3-1-2-7-13-21-16-15-20-12-9-17-26-23(20)27-21/h4-6,10-11,15-16,22H,1-3,7-9,12-14,17-18H2,(H,26,27)(H,28,31)(H,29,30)/t22-/m0/s1. The van der Waals surface area contributed by atoms with Gasteiger partial charge in [-0.15, -0.1) is 0 Å². The number of nitrogens with zero attached hydrogens (tertiary/aromatic N) is 1. The molecule has 0 saturated heterocycles. The van der Waals surface area contributed by atoms with E-state index in [2.05, 4.69) is 22.8 Å². The molecule has 1 aromatic heterocycles. The van der Waals surface area contributed by atoms with Gasteiger partial charge < -0.3 is 20.5 Å². The SMILES string of the molecule is O=C(N[C@@H](CCCCCCCc1ccc2c(n1)NCCC2)C(=O)O)OCc1ccccc1. The molecule has 0 fully saturated rings. The second kappa shape index (κ2) is 12.7. The third-order valence-electron chi connectivity index (χ3n) is 5.68. The van der Waals surface area contributed by atoms with Crippen LogP contribution in [-0.2, 0) is 29.0 Å². The van der Waals surface area contributed by atoms with Crippen LogP contribution in [0.3, 0.4) is 0 Å². The van der Waals surface area contributed by atoms with E-state index in [4.69, 9.17) is 9.72 Å². The summed E-state index contributed by atoms with van der Waals surface area (Å²) in [5, 5.41) is 15.2. The van der Waals surface area contributed by atoms with Gasteiger partial charge in [0, 0.05) is 12.2 Å². The number of carboxylic acid groups (broad SMARTS) is 1. The first-order chi connectivity index (χ1) is 15.6. The average molecular weight is 440 g/mol. The molecule has 2 aromatic rings. The lowest BCUT2D eigenvalue weighted by Gasteiger charge is -2.17. The van der Waals surface area contributed by atoms with E-state index in [-0.39, 0.29) is 6.61 Å². The molecular formula is C25H33N3O4. The van der Waals surface area contributed by atoms with Crippen molar-refractivity contribution in [2.24, 2.45) is 0 Å². The van der Waals surface area contributed by atoms with Gasteiger partial charge >= 0.3 is 12.1 Å². The van der Waals surface area contributed by atoms with Crippen molar-refractivity contribution in [3.8, 4) is 0 Å². The minimum absolute atomic E-state index is 0.119. The molecule has 7 heteroatoms. The van der Waals surface area contributed by atoms with Crippen LogP contribution in [0.25, 0.3) is 0 Å². The van der Waals surface area contributed by atoms with Crippen LogP contribution in [0.2, 0.25) is 0 Å². The molecule has 32 heavy (non-hydrogen) atoms. The highest BCUT2D eigenvalue weighted by Crippen LogP contribution is 2.20. The van der Waals surface area contributed by atoms with E-state index in [1.54, 1.807) is 0 Å². The largest absolute Gasteiger partial charge is 0.480 e. The fourth-order valence-corrected chi connectivity index (χ4v) is 3.86. The molecule has 0 bridgehead atoms. The Morgan fingerprint density at radius 3 is 2.66 bits per heavy atom. The van der Waals surface area contributed by atoms with Gasteiger partial charge in [-0.05, 0) is 49.3 Å². The lowest BCUT2D eigenvalue weighted by atomic mass is 10.0. The molecule has 7 nitrogen and oxygen atoms in total. The maximum Gasteiger partial charge on any atom is 0.408 e. The average Bonchev–Trinajstić information content (AvgIpc) is 2.81. The Bertz CT molecular complexity index is 873. The summed E-state index contributed by atoms with van der Waals surface area (Å²) in [7, 11) is 0. The molecule has 0 saturated carbocycles. The summed E-state index contributed by atoms with van der Waals surface area (Å²) in [6, 6.07) is 12.7. The number of aliphatic carboxylic acids is 1. The Labute approximate surface area is 189 Å². The number of nitrogens with one attached hydrogen (secondary N) is 2. The number of anilines is 1. The minimum Gasteiger partial charge on any atom is -0.480 e. The number of aryl methyl sites for hydroxylation is 2. The number of alkyl carbamates (subject to hydrolysis) is 1. The van der Waals surface area contributed by atoms with Crippen molar-refractivity contribution in [3.05, 3.63) is 59.3 Å². The number of hydrogen-bond acceptors (Lipinski definition) is 5. The van der Waals surface area contributed by atoms with E-state index in [1.807, 2.05) is 30.3 Å². The number of benzene rings is 1. The second-order valence-electron chi connectivity index (χ2n) is 8.24. The molecule has 3 N–H and O–H groups in total. The van der Waals surface area contributed by atoms with Crippen LogP contribution in [0.1, 0.15) is 61.8 Å². The normalized spacial score (nSPS) is 13.5. The van der Waals surface area contributed by atoms with E-state index < -0.39 is 18.1 Å². The molecule has 0 spiro atoms. The number of pyridine rings is 1. The van der Waals surface area contributed by atoms with Crippen molar-refractivity contribution >= 4 is 17.9 Å². The maximum atomic E-state index is 11.9. The second-order valence-corrected chi connectivity index (χ2v) is 8.24. The first-order valence-electron chi connectivity index (χ1n) is 11.5. The molecule has 3 rings (SSSR count). The molecular weight excluding hydrogens is 406 g/mol.